The van der Waals surface area contributed by atoms with E-state index >= 15 is 0 Å². The van der Waals surface area contributed by atoms with Crippen molar-refractivity contribution in [1.29, 1.82) is 0 Å². The fourth-order valence-corrected chi connectivity index (χ4v) is 2.53. The second kappa shape index (κ2) is 17.4. The van der Waals surface area contributed by atoms with Crippen LogP contribution in [0, 0.1) is 71.6 Å². The van der Waals surface area contributed by atoms with Crippen LogP contribution in [0.15, 0.2) is 12.1 Å². The zero-order valence-electron chi connectivity index (χ0n) is 15.0. The third-order valence-corrected chi connectivity index (χ3v) is 3.68. The Balaban J connectivity index is 0. The number of aryl methyl sites for hydroxylation is 1. The van der Waals surface area contributed by atoms with Crippen molar-refractivity contribution in [2.75, 3.05) is 12.8 Å². The number of methoxy groups -OCH3 is 1. The first kappa shape index (κ1) is 27.2. The minimum absolute atomic E-state index is 0. The van der Waals surface area contributed by atoms with Gasteiger partial charge in [0.2, 0.25) is 0 Å². The summed E-state index contributed by atoms with van der Waals surface area (Å²) in [6.45, 7) is 11.1. The number of ether oxygens (including phenoxy) is 1. The molecule has 1 unspecified atom stereocenters. The van der Waals surface area contributed by atoms with Gasteiger partial charge in [-0.2, -0.15) is 0 Å². The molecular weight excluding hydrogens is 410 g/mol. The maximum absolute atomic E-state index is 7.50. The summed E-state index contributed by atoms with van der Waals surface area (Å²) in [5.41, 5.74) is 9.28. The summed E-state index contributed by atoms with van der Waals surface area (Å²) in [6, 6.07) is 4.07. The number of rotatable bonds is 2. The molecule has 0 spiro atoms. The monoisotopic (exact) mass is 435 g/mol. The van der Waals surface area contributed by atoms with E-state index in [9.17, 15) is 0 Å². The molecule has 4 nitrogen and oxygen atoms in total. The Kier molecular flexibility index (Phi) is 18.2. The van der Waals surface area contributed by atoms with Crippen LogP contribution >= 0.6 is 0 Å². The Morgan fingerprint density at radius 1 is 1.00 bits per heavy atom. The van der Waals surface area contributed by atoms with Gasteiger partial charge in [0.25, 0.3) is 0 Å². The van der Waals surface area contributed by atoms with Crippen molar-refractivity contribution in [2.45, 2.75) is 25.7 Å². The van der Waals surface area contributed by atoms with E-state index in [4.69, 9.17) is 19.8 Å². The summed E-state index contributed by atoms with van der Waals surface area (Å²) in [5, 5.41) is 0. The third-order valence-electron chi connectivity index (χ3n) is 3.68. The molecule has 2 fully saturated rings. The van der Waals surface area contributed by atoms with Crippen LogP contribution in [0.2, 0.25) is 0 Å². The van der Waals surface area contributed by atoms with Gasteiger partial charge in [-0.15, -0.1) is 0 Å². The standard InChI is InChI=1S/C14H18NO.C5H5.2CO.Mo/c1-10-8-12(11-6-4-3-5-7-11)13(15)9-14(10)16-2;1-2-4-5-3-1;2*1-2;/h3-4,6,8-9,11H,5,7,15H2,1-2H3;1-5H;;;/q;;;;+2. The van der Waals surface area contributed by atoms with Crippen LogP contribution in [0.25, 0.3) is 0 Å². The third kappa shape index (κ3) is 9.62. The van der Waals surface area contributed by atoms with Crippen molar-refractivity contribution in [3.63, 3.8) is 0 Å². The van der Waals surface area contributed by atoms with Gasteiger partial charge in [-0.05, 0) is 88.2 Å². The van der Waals surface area contributed by atoms with Crippen molar-refractivity contribution >= 4 is 5.69 Å². The van der Waals surface area contributed by atoms with Crippen LogP contribution in [-0.2, 0) is 30.4 Å². The van der Waals surface area contributed by atoms with E-state index < -0.39 is 0 Å². The van der Waals surface area contributed by atoms with Gasteiger partial charge < -0.3 is 10.5 Å². The van der Waals surface area contributed by atoms with Gasteiger partial charge in [-0.25, -0.2) is 0 Å². The molecule has 26 heavy (non-hydrogen) atoms. The van der Waals surface area contributed by atoms with Crippen molar-refractivity contribution in [2.24, 2.45) is 0 Å². The van der Waals surface area contributed by atoms with E-state index in [0.29, 0.717) is 5.92 Å². The Labute approximate surface area is 173 Å². The molecule has 0 saturated heterocycles. The molecule has 1 aromatic carbocycles. The average Bonchev–Trinajstić information content (AvgIpc) is 3.27. The van der Waals surface area contributed by atoms with Gasteiger partial charge in [-0.1, -0.05) is 6.07 Å². The Hall–Kier alpha value is -1.01. The molecule has 2 saturated carbocycles. The summed E-state index contributed by atoms with van der Waals surface area (Å²) in [5.74, 6) is 1.32. The predicted octanol–water partition coefficient (Wildman–Crippen LogP) is 4.02. The maximum Gasteiger partial charge on any atom is 2.00 e. The van der Waals surface area contributed by atoms with Crippen LogP contribution in [0.4, 0.5) is 5.69 Å². The van der Waals surface area contributed by atoms with Crippen LogP contribution < -0.4 is 10.5 Å². The van der Waals surface area contributed by atoms with Gasteiger partial charge in [0.15, 0.2) is 0 Å². The van der Waals surface area contributed by atoms with Crippen molar-refractivity contribution in [3.8, 4) is 5.75 Å². The molecule has 0 bridgehead atoms. The molecule has 8 radical (unpaired) electrons. The Bertz CT molecular complexity index is 505. The molecule has 1 atom stereocenters. The van der Waals surface area contributed by atoms with Crippen molar-refractivity contribution < 1.29 is 35.1 Å². The largest absolute Gasteiger partial charge is 2.00 e. The van der Waals surface area contributed by atoms with Crippen LogP contribution in [0.5, 0.6) is 5.75 Å². The van der Waals surface area contributed by atoms with E-state index in [-0.39, 0.29) is 21.1 Å². The topological polar surface area (TPSA) is 75.0 Å². The van der Waals surface area contributed by atoms with Gasteiger partial charge in [0.05, 0.1) is 7.11 Å². The SMILES string of the molecule is COc1cc(N)c(C2[CH][CH][CH]CC2)cc1C.[C-]#[O+].[C-]#[O+].[CH]1[CH][CH][CH][CH]1.[Mo+2]. The molecule has 0 aromatic heterocycles. The van der Waals surface area contributed by atoms with Crippen LogP contribution in [0.1, 0.15) is 29.9 Å². The summed E-state index contributed by atoms with van der Waals surface area (Å²) >= 11 is 0. The van der Waals surface area contributed by atoms with E-state index in [0.717, 1.165) is 29.8 Å². The summed E-state index contributed by atoms with van der Waals surface area (Å²) in [7, 11) is 1.68. The van der Waals surface area contributed by atoms with Crippen LogP contribution in [0.3, 0.4) is 0 Å². The number of nitrogen functional groups attached to an aromatic ring is 1. The van der Waals surface area contributed by atoms with E-state index in [2.05, 4.69) is 45.6 Å². The first-order chi connectivity index (χ1) is 12.2. The zero-order chi connectivity index (χ0) is 19.1. The number of benzene rings is 1. The molecule has 1 aromatic rings. The minimum atomic E-state index is 0. The Morgan fingerprint density at radius 2 is 1.54 bits per heavy atom. The fraction of sp³-hybridized carbons (Fsp3) is 0.238. The second-order valence-corrected chi connectivity index (χ2v) is 5.22. The molecule has 134 valence electrons. The van der Waals surface area contributed by atoms with E-state index in [1.807, 2.05) is 38.2 Å². The first-order valence-electron chi connectivity index (χ1n) is 7.74. The second-order valence-electron chi connectivity index (χ2n) is 5.22. The maximum atomic E-state index is 7.50. The minimum Gasteiger partial charge on any atom is -0.0312 e. The molecule has 5 heteroatoms. The van der Waals surface area contributed by atoms with Gasteiger partial charge in [-0.3, -0.25) is 0 Å². The summed E-state index contributed by atoms with van der Waals surface area (Å²) in [6.07, 6.45) is 18.8. The Morgan fingerprint density at radius 3 is 1.96 bits per heavy atom. The number of anilines is 1. The molecule has 2 aliphatic carbocycles. The van der Waals surface area contributed by atoms with Crippen molar-refractivity contribution in [1.82, 2.24) is 0 Å². The quantitative estimate of drug-likeness (QED) is 0.331. The first-order valence-corrected chi connectivity index (χ1v) is 7.74. The van der Waals surface area contributed by atoms with E-state index in [1.165, 1.54) is 5.56 Å². The molecule has 0 aliphatic heterocycles. The molecule has 0 heterocycles. The van der Waals surface area contributed by atoms with Gasteiger partial charge in [0.1, 0.15) is 5.75 Å². The van der Waals surface area contributed by atoms with Crippen molar-refractivity contribution in [3.05, 3.63) is 87.9 Å². The molecule has 2 N–H and O–H groups in total. The number of hydrogen-bond donors (Lipinski definition) is 1. The predicted molar refractivity (Wildman–Crippen MR) is 96.4 cm³/mol. The molecular formula is C21H23MoNO3+2. The van der Waals surface area contributed by atoms with Gasteiger partial charge in [0, 0.05) is 11.8 Å². The zero-order valence-corrected chi connectivity index (χ0v) is 17.0. The van der Waals surface area contributed by atoms with Crippen LogP contribution in [-0.4, -0.2) is 7.11 Å². The molecule has 3 rings (SSSR count). The summed E-state index contributed by atoms with van der Waals surface area (Å²) in [4.78, 5) is 0. The van der Waals surface area contributed by atoms with E-state index in [1.54, 1.807) is 7.11 Å². The fourth-order valence-electron chi connectivity index (χ4n) is 2.53. The van der Waals surface area contributed by atoms with Gasteiger partial charge >= 0.3 is 43.7 Å². The smallest absolute Gasteiger partial charge is 0.0312 e. The number of hydrogen-bond acceptors (Lipinski definition) is 2. The summed E-state index contributed by atoms with van der Waals surface area (Å²) < 4.78 is 20.3. The average molecular weight is 433 g/mol. The normalized spacial score (nSPS) is 15.5. The molecule has 0 amide bonds. The number of nitrogens with two attached hydrogens (primary N) is 1. The molecule has 2 aliphatic rings.